The third kappa shape index (κ3) is 5.44. The van der Waals surface area contributed by atoms with Gasteiger partial charge >= 0.3 is 6.61 Å². The van der Waals surface area contributed by atoms with Crippen molar-refractivity contribution in [3.63, 3.8) is 0 Å². The molecular formula is C18H18F2N2O4. The maximum absolute atomic E-state index is 12.4. The summed E-state index contributed by atoms with van der Waals surface area (Å²) < 4.78 is 34.5. The number of hydrogen-bond donors (Lipinski definition) is 1. The highest BCUT2D eigenvalue weighted by Crippen LogP contribution is 2.22. The number of alkyl halides is 2. The number of nitrogens with zero attached hydrogens (tertiary/aromatic N) is 1. The normalized spacial score (nSPS) is 10.3. The number of carbonyl (C=O) groups is 2. The van der Waals surface area contributed by atoms with E-state index in [1.165, 1.54) is 23.1 Å². The molecule has 0 heterocycles. The molecule has 0 atom stereocenters. The minimum atomic E-state index is -3.02. The van der Waals surface area contributed by atoms with Crippen LogP contribution in [0.3, 0.4) is 0 Å². The van der Waals surface area contributed by atoms with Gasteiger partial charge in [0, 0.05) is 19.8 Å². The van der Waals surface area contributed by atoms with Crippen LogP contribution in [-0.2, 0) is 4.79 Å². The summed E-state index contributed by atoms with van der Waals surface area (Å²) in [4.78, 5) is 25.2. The number of anilines is 1. The van der Waals surface area contributed by atoms with Crippen LogP contribution in [0.2, 0.25) is 0 Å². The monoisotopic (exact) mass is 364 g/mol. The van der Waals surface area contributed by atoms with Gasteiger partial charge in [-0.3, -0.25) is 9.59 Å². The Hall–Kier alpha value is -3.16. The van der Waals surface area contributed by atoms with Gasteiger partial charge in [0.15, 0.2) is 6.61 Å². The molecule has 2 aromatic carbocycles. The molecule has 0 aliphatic heterocycles. The summed E-state index contributed by atoms with van der Waals surface area (Å²) in [5, 5.41) is 2.59. The Labute approximate surface area is 149 Å². The second-order valence-electron chi connectivity index (χ2n) is 5.43. The van der Waals surface area contributed by atoms with Gasteiger partial charge in [-0.05, 0) is 36.4 Å². The molecule has 0 saturated carbocycles. The number of rotatable bonds is 7. The smallest absolute Gasteiger partial charge is 0.387 e. The lowest BCUT2D eigenvalue weighted by molar-refractivity contribution is -0.130. The van der Waals surface area contributed by atoms with E-state index in [2.05, 4.69) is 10.1 Å². The molecule has 138 valence electrons. The molecule has 2 rings (SSSR count). The lowest BCUT2D eigenvalue weighted by atomic mass is 10.2. The summed E-state index contributed by atoms with van der Waals surface area (Å²) in [7, 11) is 3.25. The molecule has 2 amide bonds. The standard InChI is InChI=1S/C18H18F2N2O4/c1-22(2)16(23)11-25-13-9-7-12(8-10-13)21-17(24)14-5-3-4-6-15(14)26-18(19)20/h3-10,18H,11H2,1-2H3,(H,21,24). The lowest BCUT2D eigenvalue weighted by Gasteiger charge is -2.12. The molecule has 2 aromatic rings. The number of likely N-dealkylation sites (N-methyl/N-ethyl adjacent to an activating group) is 1. The van der Waals surface area contributed by atoms with Gasteiger partial charge in [-0.1, -0.05) is 12.1 Å². The molecule has 1 N–H and O–H groups in total. The van der Waals surface area contributed by atoms with E-state index in [0.29, 0.717) is 11.4 Å². The highest BCUT2D eigenvalue weighted by Gasteiger charge is 2.15. The predicted molar refractivity (Wildman–Crippen MR) is 91.7 cm³/mol. The zero-order valence-electron chi connectivity index (χ0n) is 14.2. The summed E-state index contributed by atoms with van der Waals surface area (Å²) in [5.74, 6) is -0.516. The Balaban J connectivity index is 2.01. The number of nitrogens with one attached hydrogen (secondary N) is 1. The fourth-order valence-electron chi connectivity index (χ4n) is 1.96. The fourth-order valence-corrected chi connectivity index (χ4v) is 1.96. The molecule has 8 heteroatoms. The summed E-state index contributed by atoms with van der Waals surface area (Å²) in [6, 6.07) is 12.0. The summed E-state index contributed by atoms with van der Waals surface area (Å²) in [6.07, 6.45) is 0. The van der Waals surface area contributed by atoms with Crippen LogP contribution in [0.1, 0.15) is 10.4 Å². The van der Waals surface area contributed by atoms with Crippen LogP contribution >= 0.6 is 0 Å². The molecule has 0 bridgehead atoms. The average Bonchev–Trinajstić information content (AvgIpc) is 2.60. The molecule has 0 aliphatic rings. The van der Waals surface area contributed by atoms with Crippen LogP contribution in [0.5, 0.6) is 11.5 Å². The number of para-hydroxylation sites is 1. The molecule has 0 aliphatic carbocycles. The predicted octanol–water partition coefficient (Wildman–Crippen LogP) is 3.01. The fraction of sp³-hybridized carbons (Fsp3) is 0.222. The van der Waals surface area contributed by atoms with E-state index in [-0.39, 0.29) is 23.8 Å². The maximum Gasteiger partial charge on any atom is 0.387 e. The number of amides is 2. The largest absolute Gasteiger partial charge is 0.484 e. The highest BCUT2D eigenvalue weighted by molar-refractivity contribution is 6.06. The Morgan fingerprint density at radius 3 is 2.35 bits per heavy atom. The Morgan fingerprint density at radius 2 is 1.73 bits per heavy atom. The second kappa shape index (κ2) is 8.80. The van der Waals surface area contributed by atoms with Gasteiger partial charge in [0.2, 0.25) is 0 Å². The molecule has 0 saturated heterocycles. The van der Waals surface area contributed by atoms with Crippen molar-refractivity contribution in [2.45, 2.75) is 6.61 Å². The van der Waals surface area contributed by atoms with Gasteiger partial charge in [0.25, 0.3) is 11.8 Å². The van der Waals surface area contributed by atoms with Gasteiger partial charge < -0.3 is 19.7 Å². The maximum atomic E-state index is 12.4. The first kappa shape index (κ1) is 19.2. The number of hydrogen-bond acceptors (Lipinski definition) is 4. The van der Waals surface area contributed by atoms with Crippen molar-refractivity contribution >= 4 is 17.5 Å². The molecule has 6 nitrogen and oxygen atoms in total. The topological polar surface area (TPSA) is 67.9 Å². The third-order valence-electron chi connectivity index (χ3n) is 3.32. The number of halogens is 2. The first-order chi connectivity index (χ1) is 12.4. The minimum absolute atomic E-state index is 0.00953. The molecule has 0 fully saturated rings. The van der Waals surface area contributed by atoms with Crippen molar-refractivity contribution < 1.29 is 27.8 Å². The van der Waals surface area contributed by atoms with Gasteiger partial charge in [-0.2, -0.15) is 8.78 Å². The van der Waals surface area contributed by atoms with Crippen molar-refractivity contribution in [2.75, 3.05) is 26.0 Å². The first-order valence-corrected chi connectivity index (χ1v) is 7.65. The summed E-state index contributed by atoms with van der Waals surface area (Å²) >= 11 is 0. The van der Waals surface area contributed by atoms with Gasteiger partial charge in [0.1, 0.15) is 11.5 Å². The third-order valence-corrected chi connectivity index (χ3v) is 3.32. The molecule has 0 spiro atoms. The molecule has 0 radical (unpaired) electrons. The second-order valence-corrected chi connectivity index (χ2v) is 5.43. The Morgan fingerprint density at radius 1 is 1.08 bits per heavy atom. The van der Waals surface area contributed by atoms with Crippen molar-refractivity contribution in [1.29, 1.82) is 0 Å². The highest BCUT2D eigenvalue weighted by atomic mass is 19.3. The van der Waals surface area contributed by atoms with Crippen molar-refractivity contribution in [1.82, 2.24) is 4.90 Å². The van der Waals surface area contributed by atoms with Gasteiger partial charge in [-0.25, -0.2) is 0 Å². The minimum Gasteiger partial charge on any atom is -0.484 e. The first-order valence-electron chi connectivity index (χ1n) is 7.65. The van der Waals surface area contributed by atoms with E-state index < -0.39 is 12.5 Å². The Bertz CT molecular complexity index is 764. The van der Waals surface area contributed by atoms with Crippen LogP contribution in [0.4, 0.5) is 14.5 Å². The van der Waals surface area contributed by atoms with Crippen molar-refractivity contribution in [3.05, 3.63) is 54.1 Å². The zero-order valence-corrected chi connectivity index (χ0v) is 14.2. The Kier molecular flexibility index (Phi) is 6.48. The van der Waals surface area contributed by atoms with E-state index in [1.807, 2.05) is 0 Å². The van der Waals surface area contributed by atoms with E-state index in [9.17, 15) is 18.4 Å². The van der Waals surface area contributed by atoms with Crippen LogP contribution in [0, 0.1) is 0 Å². The van der Waals surface area contributed by atoms with E-state index in [4.69, 9.17) is 4.74 Å². The molecular weight excluding hydrogens is 346 g/mol. The van der Waals surface area contributed by atoms with Crippen LogP contribution in [-0.4, -0.2) is 44.0 Å². The molecule has 0 unspecified atom stereocenters. The number of carbonyl (C=O) groups excluding carboxylic acids is 2. The zero-order chi connectivity index (χ0) is 19.1. The van der Waals surface area contributed by atoms with Crippen LogP contribution < -0.4 is 14.8 Å². The van der Waals surface area contributed by atoms with Crippen LogP contribution in [0.15, 0.2) is 48.5 Å². The van der Waals surface area contributed by atoms with Crippen molar-refractivity contribution in [2.24, 2.45) is 0 Å². The van der Waals surface area contributed by atoms with Gasteiger partial charge in [0.05, 0.1) is 5.56 Å². The number of ether oxygens (including phenoxy) is 2. The van der Waals surface area contributed by atoms with E-state index >= 15 is 0 Å². The average molecular weight is 364 g/mol. The summed E-state index contributed by atoms with van der Waals surface area (Å²) in [5.41, 5.74) is 0.429. The van der Waals surface area contributed by atoms with E-state index in [0.717, 1.165) is 0 Å². The summed E-state index contributed by atoms with van der Waals surface area (Å²) in [6.45, 7) is -3.12. The quantitative estimate of drug-likeness (QED) is 0.820. The van der Waals surface area contributed by atoms with Crippen molar-refractivity contribution in [3.8, 4) is 11.5 Å². The lowest BCUT2D eigenvalue weighted by Crippen LogP contribution is -2.27. The SMILES string of the molecule is CN(C)C(=O)COc1ccc(NC(=O)c2ccccc2OC(F)F)cc1. The van der Waals surface area contributed by atoms with Crippen LogP contribution in [0.25, 0.3) is 0 Å². The van der Waals surface area contributed by atoms with E-state index in [1.54, 1.807) is 44.4 Å². The molecule has 26 heavy (non-hydrogen) atoms. The van der Waals surface area contributed by atoms with Gasteiger partial charge in [-0.15, -0.1) is 0 Å². The molecule has 0 aromatic heterocycles. The number of benzene rings is 2.